The molecule has 2 rings (SSSR count). The van der Waals surface area contributed by atoms with E-state index in [9.17, 15) is 24.0 Å². The Labute approximate surface area is 193 Å². The number of likely N-dealkylation sites (N-methyl/N-ethyl adjacent to an activating group) is 1. The first-order valence-electron chi connectivity index (χ1n) is 10.7. The van der Waals surface area contributed by atoms with Gasteiger partial charge in [0.2, 0.25) is 11.8 Å². The lowest BCUT2D eigenvalue weighted by Gasteiger charge is -2.30. The van der Waals surface area contributed by atoms with Crippen molar-refractivity contribution in [1.82, 2.24) is 15.5 Å². The maximum atomic E-state index is 13.0. The first-order chi connectivity index (χ1) is 15.8. The summed E-state index contributed by atoms with van der Waals surface area (Å²) in [4.78, 5) is 61.7. The summed E-state index contributed by atoms with van der Waals surface area (Å²) in [6.07, 6.45) is 5.39. The summed E-state index contributed by atoms with van der Waals surface area (Å²) >= 11 is 0. The van der Waals surface area contributed by atoms with Crippen LogP contribution in [0.3, 0.4) is 0 Å². The van der Waals surface area contributed by atoms with Crippen LogP contribution < -0.4 is 10.6 Å². The Morgan fingerprint density at radius 3 is 2.52 bits per heavy atom. The molecule has 1 atom stereocenters. The number of nitrogens with one attached hydrogen (secondary N) is 2. The van der Waals surface area contributed by atoms with Crippen molar-refractivity contribution in [2.75, 3.05) is 7.05 Å². The lowest BCUT2D eigenvalue weighted by molar-refractivity contribution is -0.136. The molecular formula is C24H31N3O6. The van der Waals surface area contributed by atoms with Crippen LogP contribution in [0.15, 0.2) is 42.4 Å². The van der Waals surface area contributed by atoms with Crippen LogP contribution in [-0.2, 0) is 25.7 Å². The Kier molecular flexibility index (Phi) is 11.3. The van der Waals surface area contributed by atoms with Gasteiger partial charge in [-0.1, -0.05) is 32.1 Å². The van der Waals surface area contributed by atoms with Crippen molar-refractivity contribution in [1.29, 1.82) is 0 Å². The third-order valence-corrected chi connectivity index (χ3v) is 4.80. The average molecular weight is 458 g/mol. The van der Waals surface area contributed by atoms with Gasteiger partial charge in [-0.3, -0.25) is 29.3 Å². The van der Waals surface area contributed by atoms with Crippen LogP contribution in [0, 0.1) is 0 Å². The zero-order chi connectivity index (χ0) is 25.0. The quantitative estimate of drug-likeness (QED) is 0.268. The van der Waals surface area contributed by atoms with E-state index in [4.69, 9.17) is 4.74 Å². The highest BCUT2D eigenvalue weighted by Gasteiger charge is 2.33. The highest BCUT2D eigenvalue weighted by atomic mass is 16.5. The van der Waals surface area contributed by atoms with Gasteiger partial charge in [-0.25, -0.2) is 0 Å². The third-order valence-electron chi connectivity index (χ3n) is 4.80. The van der Waals surface area contributed by atoms with E-state index in [1.807, 2.05) is 13.8 Å². The molecule has 178 valence electrons. The summed E-state index contributed by atoms with van der Waals surface area (Å²) < 4.78 is 5.20. The number of benzene rings is 1. The molecule has 9 heteroatoms. The summed E-state index contributed by atoms with van der Waals surface area (Å²) in [5, 5.41) is 4.86. The van der Waals surface area contributed by atoms with Gasteiger partial charge in [-0.05, 0) is 38.0 Å². The first-order valence-corrected chi connectivity index (χ1v) is 10.7. The van der Waals surface area contributed by atoms with Gasteiger partial charge in [-0.15, -0.1) is 0 Å². The normalized spacial score (nSPS) is 15.8. The van der Waals surface area contributed by atoms with E-state index in [1.165, 1.54) is 30.4 Å². The third kappa shape index (κ3) is 7.13. The Hall–Kier alpha value is -3.75. The Morgan fingerprint density at radius 1 is 1.24 bits per heavy atom. The largest absolute Gasteiger partial charge is 0.460 e. The molecule has 1 saturated heterocycles. The van der Waals surface area contributed by atoms with E-state index in [-0.39, 0.29) is 42.2 Å². The molecule has 2 N–H and O–H groups in total. The van der Waals surface area contributed by atoms with E-state index >= 15 is 0 Å². The van der Waals surface area contributed by atoms with Crippen molar-refractivity contribution in [3.05, 3.63) is 59.1 Å². The van der Waals surface area contributed by atoms with Crippen molar-refractivity contribution >= 4 is 29.9 Å². The fourth-order valence-electron chi connectivity index (χ4n) is 3.13. The zero-order valence-corrected chi connectivity index (χ0v) is 19.6. The smallest absolute Gasteiger partial charge is 0.286 e. The van der Waals surface area contributed by atoms with Crippen molar-refractivity contribution in [3.63, 3.8) is 0 Å². The van der Waals surface area contributed by atoms with E-state index in [1.54, 1.807) is 32.1 Å². The fourth-order valence-corrected chi connectivity index (χ4v) is 3.13. The van der Waals surface area contributed by atoms with Crippen LogP contribution >= 0.6 is 0 Å². The lowest BCUT2D eigenvalue weighted by atomic mass is 9.99. The molecule has 0 saturated carbocycles. The Bertz CT molecular complexity index is 952. The predicted octanol–water partition coefficient (Wildman–Crippen LogP) is 2.47. The van der Waals surface area contributed by atoms with E-state index in [0.717, 1.165) is 0 Å². The number of carbonyl (C=O) groups excluding carboxylic acids is 5. The molecule has 1 fully saturated rings. The van der Waals surface area contributed by atoms with Crippen LogP contribution in [0.4, 0.5) is 0 Å². The van der Waals surface area contributed by atoms with Gasteiger partial charge >= 0.3 is 0 Å². The number of hydrogen-bond donors (Lipinski definition) is 2. The molecule has 33 heavy (non-hydrogen) atoms. The maximum Gasteiger partial charge on any atom is 0.286 e. The summed E-state index contributed by atoms with van der Waals surface area (Å²) in [5.74, 6) is -1.85. The number of hydrogen-bond acceptors (Lipinski definition) is 6. The Morgan fingerprint density at radius 2 is 1.94 bits per heavy atom. The highest BCUT2D eigenvalue weighted by molar-refractivity contribution is 6.06. The summed E-state index contributed by atoms with van der Waals surface area (Å²) in [5.41, 5.74) is 0.654. The number of piperidine rings is 1. The molecule has 0 aromatic heterocycles. The minimum atomic E-state index is -0.811. The highest BCUT2D eigenvalue weighted by Crippen LogP contribution is 2.19. The van der Waals surface area contributed by atoms with E-state index in [0.29, 0.717) is 11.8 Å². The maximum absolute atomic E-state index is 13.0. The van der Waals surface area contributed by atoms with Crippen LogP contribution in [0.25, 0.3) is 0 Å². The molecule has 0 bridgehead atoms. The molecule has 1 aromatic carbocycles. The van der Waals surface area contributed by atoms with Gasteiger partial charge in [0.15, 0.2) is 12.0 Å². The van der Waals surface area contributed by atoms with Crippen molar-refractivity contribution < 1.29 is 28.7 Å². The predicted molar refractivity (Wildman–Crippen MR) is 123 cm³/mol. The van der Waals surface area contributed by atoms with Crippen LogP contribution in [-0.4, -0.2) is 47.9 Å². The van der Waals surface area contributed by atoms with Crippen LogP contribution in [0.5, 0.6) is 0 Å². The standard InChI is InChI=1S/C22H25N3O6.C2H6/c1-4-11-31-18(5-2)21(29)23-12-14-7-6-8-15(16(14)13-26)22(30)25(3)17-9-10-19(27)24-20(17)28;1-2/h4-8,11,13,17H,9-10,12H2,1-3H3,(H,23,29)(H,24,27,28);1-2H3/b11-4+,18-5-;. The van der Waals surface area contributed by atoms with Gasteiger partial charge in [0, 0.05) is 25.6 Å². The first kappa shape index (κ1) is 27.3. The number of nitrogens with zero attached hydrogens (tertiary/aromatic N) is 1. The summed E-state index contributed by atoms with van der Waals surface area (Å²) in [6, 6.07) is 3.88. The molecule has 1 aliphatic rings. The van der Waals surface area contributed by atoms with Crippen molar-refractivity contribution in [2.45, 2.75) is 53.1 Å². The zero-order valence-electron chi connectivity index (χ0n) is 19.6. The van der Waals surface area contributed by atoms with Crippen LogP contribution in [0.2, 0.25) is 0 Å². The molecule has 4 amide bonds. The number of amides is 4. The topological polar surface area (TPSA) is 122 Å². The number of rotatable bonds is 8. The average Bonchev–Trinajstić information content (AvgIpc) is 2.83. The second-order valence-corrected chi connectivity index (χ2v) is 6.80. The van der Waals surface area contributed by atoms with Gasteiger partial charge < -0.3 is 15.0 Å². The minimum Gasteiger partial charge on any atom is -0.460 e. The second kappa shape index (κ2) is 13.6. The SMILES string of the molecule is C/C=C(\O/C=C/C)C(=O)NCc1cccc(C(=O)N(C)C2CCC(=O)NC2=O)c1C=O.CC. The number of allylic oxidation sites excluding steroid dienone is 2. The number of carbonyl (C=O) groups is 5. The molecule has 0 aliphatic carbocycles. The molecule has 1 unspecified atom stereocenters. The summed E-state index contributed by atoms with van der Waals surface area (Å²) in [7, 11) is 1.45. The van der Waals surface area contributed by atoms with E-state index in [2.05, 4.69) is 10.6 Å². The molecule has 0 radical (unpaired) electrons. The number of imide groups is 1. The monoisotopic (exact) mass is 457 g/mol. The number of aldehydes is 1. The minimum absolute atomic E-state index is 0.00725. The molecule has 0 spiro atoms. The second-order valence-electron chi connectivity index (χ2n) is 6.80. The Balaban J connectivity index is 0.00000265. The van der Waals surface area contributed by atoms with E-state index < -0.39 is 23.8 Å². The van der Waals surface area contributed by atoms with Crippen molar-refractivity contribution in [2.24, 2.45) is 0 Å². The van der Waals surface area contributed by atoms with Gasteiger partial charge in [0.05, 0.1) is 11.8 Å². The molecule has 1 heterocycles. The summed E-state index contributed by atoms with van der Waals surface area (Å²) in [6.45, 7) is 7.39. The van der Waals surface area contributed by atoms with Gasteiger partial charge in [-0.2, -0.15) is 0 Å². The number of ether oxygens (including phenoxy) is 1. The molecule has 1 aliphatic heterocycles. The van der Waals surface area contributed by atoms with Gasteiger partial charge in [0.25, 0.3) is 11.8 Å². The molecular weight excluding hydrogens is 426 g/mol. The molecule has 9 nitrogen and oxygen atoms in total. The fraction of sp³-hybridized carbons (Fsp3) is 0.375. The van der Waals surface area contributed by atoms with Crippen molar-refractivity contribution in [3.8, 4) is 0 Å². The van der Waals surface area contributed by atoms with Crippen LogP contribution in [0.1, 0.15) is 66.8 Å². The van der Waals surface area contributed by atoms with Gasteiger partial charge in [0.1, 0.15) is 6.04 Å². The molecule has 1 aromatic rings. The lowest BCUT2D eigenvalue weighted by Crippen LogP contribution is -2.53.